The highest BCUT2D eigenvalue weighted by Crippen LogP contribution is 2.36. The molecule has 46 heavy (non-hydrogen) atoms. The molecule has 3 unspecified atom stereocenters. The van der Waals surface area contributed by atoms with Gasteiger partial charge in [-0.1, -0.05) is 129 Å². The number of allylic oxidation sites excluding steroid dienone is 1. The lowest BCUT2D eigenvalue weighted by molar-refractivity contribution is -0.161. The lowest BCUT2D eigenvalue weighted by Crippen LogP contribution is -2.29. The van der Waals surface area contributed by atoms with E-state index in [1.54, 1.807) is 0 Å². The highest BCUT2D eigenvalue weighted by atomic mass is 31.2. The number of carbonyl (C=O) groups excluding carboxylic acids is 2. The Hall–Kier alpha value is -1.25. The van der Waals surface area contributed by atoms with Gasteiger partial charge in [-0.15, -0.1) is 0 Å². The third kappa shape index (κ3) is 26.8. The fourth-order valence-electron chi connectivity index (χ4n) is 5.47. The van der Waals surface area contributed by atoms with Gasteiger partial charge in [-0.2, -0.15) is 0 Å². The standard InChI is InChI=1S/C36H67O9P/c1-4-6-7-8-15-20-25-33-34(45-33)26-21-16-13-18-23-28-36(38)44-32(30-43-46(39,40)41)29-42-35(37)27-22-17-12-10-9-11-14-19-24-31(3)5-2/h15,20,31-34H,4-14,16-19,21-30H2,1-3H3,(H2,39,40,41)/b20-15-/t31?,32-,33?,34?/m1/s1. The van der Waals surface area contributed by atoms with Crippen molar-refractivity contribution in [2.45, 2.75) is 187 Å². The van der Waals surface area contributed by atoms with Crippen molar-refractivity contribution in [1.82, 2.24) is 0 Å². The summed E-state index contributed by atoms with van der Waals surface area (Å²) in [6.45, 7) is 5.94. The van der Waals surface area contributed by atoms with Gasteiger partial charge in [0.25, 0.3) is 0 Å². The minimum absolute atomic E-state index is 0.191. The van der Waals surface area contributed by atoms with Gasteiger partial charge in [-0.25, -0.2) is 4.57 Å². The molecule has 0 saturated carbocycles. The topological polar surface area (TPSA) is 132 Å². The summed E-state index contributed by atoms with van der Waals surface area (Å²) >= 11 is 0. The van der Waals surface area contributed by atoms with Crippen LogP contribution >= 0.6 is 7.82 Å². The maximum Gasteiger partial charge on any atom is 0.469 e. The highest BCUT2D eigenvalue weighted by molar-refractivity contribution is 7.46. The van der Waals surface area contributed by atoms with Crippen molar-refractivity contribution >= 4 is 19.8 Å². The molecule has 1 aliphatic heterocycles. The number of rotatable bonds is 32. The Morgan fingerprint density at radius 1 is 0.761 bits per heavy atom. The molecule has 0 radical (unpaired) electrons. The minimum Gasteiger partial charge on any atom is -0.462 e. The summed E-state index contributed by atoms with van der Waals surface area (Å²) < 4.78 is 32.1. The molecule has 1 fully saturated rings. The van der Waals surface area contributed by atoms with Crippen molar-refractivity contribution in [3.05, 3.63) is 12.2 Å². The van der Waals surface area contributed by atoms with Crippen LogP contribution < -0.4 is 0 Å². The molecule has 1 saturated heterocycles. The first-order valence-corrected chi connectivity index (χ1v) is 20.0. The monoisotopic (exact) mass is 674 g/mol. The molecular weight excluding hydrogens is 607 g/mol. The number of phosphoric acid groups is 1. The van der Waals surface area contributed by atoms with Crippen molar-refractivity contribution in [2.75, 3.05) is 13.2 Å². The summed E-state index contributed by atoms with van der Waals surface area (Å²) in [7, 11) is -4.75. The highest BCUT2D eigenvalue weighted by Gasteiger charge is 2.36. The van der Waals surface area contributed by atoms with E-state index >= 15 is 0 Å². The molecule has 0 aromatic heterocycles. The smallest absolute Gasteiger partial charge is 0.462 e. The Balaban J connectivity index is 2.11. The third-order valence-electron chi connectivity index (χ3n) is 8.75. The van der Waals surface area contributed by atoms with E-state index in [-0.39, 0.29) is 19.4 Å². The molecule has 270 valence electrons. The molecular formula is C36H67O9P. The van der Waals surface area contributed by atoms with Crippen LogP contribution in [0.3, 0.4) is 0 Å². The van der Waals surface area contributed by atoms with Gasteiger partial charge in [-0.05, 0) is 44.4 Å². The second-order valence-electron chi connectivity index (χ2n) is 13.2. The van der Waals surface area contributed by atoms with Crippen LogP contribution in [0.15, 0.2) is 12.2 Å². The van der Waals surface area contributed by atoms with Gasteiger partial charge < -0.3 is 24.0 Å². The number of hydrogen-bond acceptors (Lipinski definition) is 7. The van der Waals surface area contributed by atoms with Crippen molar-refractivity contribution in [3.63, 3.8) is 0 Å². The second-order valence-corrected chi connectivity index (χ2v) is 14.4. The maximum absolute atomic E-state index is 12.4. The van der Waals surface area contributed by atoms with Gasteiger partial charge in [0.1, 0.15) is 6.61 Å². The first-order chi connectivity index (χ1) is 22.1. The summed E-state index contributed by atoms with van der Waals surface area (Å²) in [6, 6.07) is 0. The van der Waals surface area contributed by atoms with E-state index < -0.39 is 32.5 Å². The molecule has 9 nitrogen and oxygen atoms in total. The maximum atomic E-state index is 12.4. The van der Waals surface area contributed by atoms with Crippen LogP contribution in [0.1, 0.15) is 168 Å². The van der Waals surface area contributed by atoms with Crippen LogP contribution in [-0.4, -0.2) is 53.3 Å². The molecule has 4 atom stereocenters. The second kappa shape index (κ2) is 27.7. The zero-order valence-corrected chi connectivity index (χ0v) is 30.2. The van der Waals surface area contributed by atoms with Gasteiger partial charge in [0, 0.05) is 12.8 Å². The van der Waals surface area contributed by atoms with Gasteiger partial charge >= 0.3 is 19.8 Å². The van der Waals surface area contributed by atoms with E-state index in [9.17, 15) is 14.2 Å². The largest absolute Gasteiger partial charge is 0.469 e. The predicted octanol–water partition coefficient (Wildman–Crippen LogP) is 9.52. The molecule has 0 aromatic carbocycles. The number of esters is 2. The number of epoxide rings is 1. The fraction of sp³-hybridized carbons (Fsp3) is 0.889. The molecule has 0 amide bonds. The van der Waals surface area contributed by atoms with Crippen molar-refractivity contribution in [3.8, 4) is 0 Å². The molecule has 2 N–H and O–H groups in total. The quantitative estimate of drug-likeness (QED) is 0.0235. The van der Waals surface area contributed by atoms with E-state index in [0.29, 0.717) is 18.6 Å². The van der Waals surface area contributed by atoms with E-state index in [4.69, 9.17) is 24.0 Å². The van der Waals surface area contributed by atoms with Crippen molar-refractivity contribution in [2.24, 2.45) is 5.92 Å². The van der Waals surface area contributed by atoms with E-state index in [2.05, 4.69) is 37.4 Å². The van der Waals surface area contributed by atoms with E-state index in [0.717, 1.165) is 70.1 Å². The van der Waals surface area contributed by atoms with E-state index in [1.165, 1.54) is 64.2 Å². The molecule has 10 heteroatoms. The number of carbonyl (C=O) groups is 2. The van der Waals surface area contributed by atoms with Crippen LogP contribution in [0.25, 0.3) is 0 Å². The van der Waals surface area contributed by atoms with Crippen LogP contribution in [0.5, 0.6) is 0 Å². The third-order valence-corrected chi connectivity index (χ3v) is 9.23. The van der Waals surface area contributed by atoms with Crippen LogP contribution in [0.2, 0.25) is 0 Å². The molecule has 1 heterocycles. The summed E-state index contributed by atoms with van der Waals surface area (Å²) in [4.78, 5) is 42.7. The summed E-state index contributed by atoms with van der Waals surface area (Å²) in [5.41, 5.74) is 0. The lowest BCUT2D eigenvalue weighted by Gasteiger charge is -2.18. The van der Waals surface area contributed by atoms with Crippen molar-refractivity contribution in [1.29, 1.82) is 0 Å². The average Bonchev–Trinajstić information content (AvgIpc) is 3.77. The number of ether oxygens (including phenoxy) is 3. The van der Waals surface area contributed by atoms with Gasteiger partial charge in [-0.3, -0.25) is 14.1 Å². The van der Waals surface area contributed by atoms with Crippen molar-refractivity contribution < 1.29 is 42.7 Å². The van der Waals surface area contributed by atoms with Gasteiger partial charge in [0.2, 0.25) is 0 Å². The summed E-state index contributed by atoms with van der Waals surface area (Å²) in [6.07, 6.45) is 28.1. The van der Waals surface area contributed by atoms with Crippen LogP contribution in [0, 0.1) is 5.92 Å². The Kier molecular flexibility index (Phi) is 25.7. The van der Waals surface area contributed by atoms with Gasteiger partial charge in [0.05, 0.1) is 18.8 Å². The zero-order chi connectivity index (χ0) is 33.9. The van der Waals surface area contributed by atoms with Crippen LogP contribution in [-0.2, 0) is 32.9 Å². The summed E-state index contributed by atoms with van der Waals surface area (Å²) in [5, 5.41) is 0. The molecule has 1 rings (SSSR count). The minimum atomic E-state index is -4.75. The number of unbranched alkanes of at least 4 members (excludes halogenated alkanes) is 14. The van der Waals surface area contributed by atoms with E-state index in [1.807, 2.05) is 0 Å². The number of phosphoric ester groups is 1. The van der Waals surface area contributed by atoms with Gasteiger partial charge in [0.15, 0.2) is 6.10 Å². The number of hydrogen-bond donors (Lipinski definition) is 2. The first kappa shape index (κ1) is 42.8. The predicted molar refractivity (Wildman–Crippen MR) is 183 cm³/mol. The fourth-order valence-corrected chi connectivity index (χ4v) is 5.83. The molecule has 0 bridgehead atoms. The average molecular weight is 675 g/mol. The molecule has 1 aliphatic rings. The Morgan fingerprint density at radius 3 is 2.00 bits per heavy atom. The SMILES string of the molecule is CCCCC/C=C\CC1OC1CCCCCCCC(=O)O[C@H](COC(=O)CCCCCCCCCCC(C)CC)COP(=O)(O)O. The lowest BCUT2D eigenvalue weighted by atomic mass is 9.99. The Morgan fingerprint density at radius 2 is 1.37 bits per heavy atom. The Labute approximate surface area is 280 Å². The van der Waals surface area contributed by atoms with Crippen LogP contribution in [0.4, 0.5) is 0 Å². The molecule has 0 aliphatic carbocycles. The first-order valence-electron chi connectivity index (χ1n) is 18.5. The Bertz CT molecular complexity index is 843. The normalized spacial score (nSPS) is 17.7. The molecule has 0 aromatic rings. The molecule has 0 spiro atoms. The summed E-state index contributed by atoms with van der Waals surface area (Å²) in [5.74, 6) is -0.0820. The zero-order valence-electron chi connectivity index (χ0n) is 29.3.